The molecule has 1 aromatic rings. The first kappa shape index (κ1) is 22.9. The molecule has 1 unspecified atom stereocenters. The van der Waals surface area contributed by atoms with Crippen LogP contribution in [0.25, 0.3) is 0 Å². The van der Waals surface area contributed by atoms with Crippen molar-refractivity contribution in [2.75, 3.05) is 7.11 Å². The second kappa shape index (κ2) is 8.71. The molecule has 0 heterocycles. The average Bonchev–Trinajstić information content (AvgIpc) is 2.51. The fourth-order valence-electron chi connectivity index (χ4n) is 2.23. The van der Waals surface area contributed by atoms with Gasteiger partial charge in [0.05, 0.1) is 7.11 Å². The van der Waals surface area contributed by atoms with Crippen molar-refractivity contribution < 1.29 is 22.7 Å². The normalized spacial score (nSPS) is 13.2. The molecular weight excluding hydrogens is 370 g/mol. The van der Waals surface area contributed by atoms with Gasteiger partial charge in [-0.3, -0.25) is 9.59 Å². The number of rotatable bonds is 7. The summed E-state index contributed by atoms with van der Waals surface area (Å²) < 4.78 is 32.6. The maximum absolute atomic E-state index is 12.5. The van der Waals surface area contributed by atoms with Crippen molar-refractivity contribution in [3.63, 3.8) is 0 Å². The molecule has 0 spiro atoms. The Morgan fingerprint density at radius 3 is 2.19 bits per heavy atom. The number of amides is 2. The Balaban J connectivity index is 3.09. The van der Waals surface area contributed by atoms with Crippen molar-refractivity contribution in [2.24, 2.45) is 0 Å². The van der Waals surface area contributed by atoms with Crippen LogP contribution in [0, 0.1) is 0 Å². The van der Waals surface area contributed by atoms with Crippen LogP contribution in [0.15, 0.2) is 23.1 Å². The number of carbonyl (C=O) groups is 2. The lowest BCUT2D eigenvalue weighted by Crippen LogP contribution is -2.50. The Hall–Kier alpha value is -2.13. The summed E-state index contributed by atoms with van der Waals surface area (Å²) in [6, 6.07) is 2.97. The summed E-state index contributed by atoms with van der Waals surface area (Å²) in [5.74, 6) is -0.771. The third kappa shape index (κ3) is 6.84. The van der Waals surface area contributed by atoms with Crippen molar-refractivity contribution in [3.8, 4) is 5.75 Å². The molecule has 1 atom stereocenters. The van der Waals surface area contributed by atoms with E-state index >= 15 is 0 Å². The zero-order valence-corrected chi connectivity index (χ0v) is 17.7. The maximum atomic E-state index is 12.5. The Morgan fingerprint density at radius 2 is 1.70 bits per heavy atom. The summed E-state index contributed by atoms with van der Waals surface area (Å²) in [6.45, 7) is 10.4. The number of carbonyl (C=O) groups excluding carboxylic acids is 2. The molecule has 27 heavy (non-hydrogen) atoms. The highest BCUT2D eigenvalue weighted by molar-refractivity contribution is 7.89. The Bertz CT molecular complexity index is 798. The van der Waals surface area contributed by atoms with Crippen LogP contribution in [0.1, 0.15) is 51.9 Å². The largest absolute Gasteiger partial charge is 0.495 e. The van der Waals surface area contributed by atoms with E-state index in [1.807, 2.05) is 20.8 Å². The van der Waals surface area contributed by atoms with E-state index in [0.717, 1.165) is 0 Å². The lowest BCUT2D eigenvalue weighted by atomic mass is 10.1. The van der Waals surface area contributed by atoms with Crippen LogP contribution in [0.2, 0.25) is 0 Å². The van der Waals surface area contributed by atoms with Gasteiger partial charge in [-0.05, 0) is 59.7 Å². The van der Waals surface area contributed by atoms with Crippen molar-refractivity contribution >= 4 is 21.8 Å². The highest BCUT2D eigenvalue weighted by atomic mass is 32.2. The van der Waals surface area contributed by atoms with Gasteiger partial charge in [0.25, 0.3) is 5.91 Å². The van der Waals surface area contributed by atoms with Crippen LogP contribution < -0.4 is 20.1 Å². The fourth-order valence-corrected chi connectivity index (χ4v) is 3.67. The van der Waals surface area contributed by atoms with Gasteiger partial charge in [-0.1, -0.05) is 0 Å². The molecule has 152 valence electrons. The van der Waals surface area contributed by atoms with Gasteiger partial charge in [0.2, 0.25) is 15.9 Å². The molecule has 0 aliphatic rings. The third-order valence-electron chi connectivity index (χ3n) is 3.35. The van der Waals surface area contributed by atoms with Gasteiger partial charge in [0.15, 0.2) is 0 Å². The van der Waals surface area contributed by atoms with Crippen LogP contribution >= 0.6 is 0 Å². The van der Waals surface area contributed by atoms with E-state index in [0.29, 0.717) is 0 Å². The standard InChI is InChI=1S/C18H29N3O5S/c1-11(2)21-27(24,25)15-10-13(8-9-14(15)26-7)17(23)19-12(3)16(22)20-18(4,5)6/h8-12,21H,1-7H3,(H,19,23)(H,20,22). The van der Waals surface area contributed by atoms with Crippen molar-refractivity contribution in [1.82, 2.24) is 15.4 Å². The number of hydrogen-bond donors (Lipinski definition) is 3. The van der Waals surface area contributed by atoms with E-state index in [1.54, 1.807) is 20.8 Å². The minimum Gasteiger partial charge on any atom is -0.495 e. The monoisotopic (exact) mass is 399 g/mol. The number of benzene rings is 1. The van der Waals surface area contributed by atoms with E-state index in [4.69, 9.17) is 4.74 Å². The average molecular weight is 400 g/mol. The van der Waals surface area contributed by atoms with Crippen LogP contribution in [0.5, 0.6) is 5.75 Å². The van der Waals surface area contributed by atoms with Crippen LogP contribution in [0.3, 0.4) is 0 Å². The van der Waals surface area contributed by atoms with E-state index in [1.165, 1.54) is 25.3 Å². The quantitative estimate of drug-likeness (QED) is 0.642. The van der Waals surface area contributed by atoms with Gasteiger partial charge in [-0.15, -0.1) is 0 Å². The second-order valence-corrected chi connectivity index (χ2v) is 9.26. The fraction of sp³-hybridized carbons (Fsp3) is 0.556. The first-order chi connectivity index (χ1) is 12.3. The lowest BCUT2D eigenvalue weighted by Gasteiger charge is -2.23. The van der Waals surface area contributed by atoms with E-state index < -0.39 is 27.5 Å². The SMILES string of the molecule is COc1ccc(C(=O)NC(C)C(=O)NC(C)(C)C)cc1S(=O)(=O)NC(C)C. The highest BCUT2D eigenvalue weighted by Crippen LogP contribution is 2.25. The van der Waals surface area contributed by atoms with Gasteiger partial charge < -0.3 is 15.4 Å². The summed E-state index contributed by atoms with van der Waals surface area (Å²) >= 11 is 0. The molecule has 0 aromatic heterocycles. The molecule has 1 rings (SSSR count). The minimum absolute atomic E-state index is 0.107. The molecule has 0 saturated heterocycles. The molecule has 0 saturated carbocycles. The smallest absolute Gasteiger partial charge is 0.251 e. The number of nitrogens with one attached hydrogen (secondary N) is 3. The van der Waals surface area contributed by atoms with Crippen LogP contribution in [-0.4, -0.2) is 45.0 Å². The maximum Gasteiger partial charge on any atom is 0.251 e. The molecular formula is C18H29N3O5S. The summed E-state index contributed by atoms with van der Waals surface area (Å²) in [5.41, 5.74) is -0.324. The van der Waals surface area contributed by atoms with Gasteiger partial charge in [-0.2, -0.15) is 0 Å². The number of methoxy groups -OCH3 is 1. The molecule has 1 aromatic carbocycles. The Kier molecular flexibility index (Phi) is 7.39. The van der Waals surface area contributed by atoms with Gasteiger partial charge in [-0.25, -0.2) is 13.1 Å². The second-order valence-electron chi connectivity index (χ2n) is 7.58. The highest BCUT2D eigenvalue weighted by Gasteiger charge is 2.24. The van der Waals surface area contributed by atoms with Gasteiger partial charge >= 0.3 is 0 Å². The molecule has 8 nitrogen and oxygen atoms in total. The van der Waals surface area contributed by atoms with E-state index in [9.17, 15) is 18.0 Å². The number of sulfonamides is 1. The number of hydrogen-bond acceptors (Lipinski definition) is 5. The van der Waals surface area contributed by atoms with Gasteiger partial charge in [0.1, 0.15) is 16.7 Å². The summed E-state index contributed by atoms with van der Waals surface area (Å²) in [5, 5.41) is 5.34. The van der Waals surface area contributed by atoms with Crippen LogP contribution in [0.4, 0.5) is 0 Å². The molecule has 9 heteroatoms. The molecule has 2 amide bonds. The Labute approximate surface area is 161 Å². The topological polar surface area (TPSA) is 114 Å². The third-order valence-corrected chi connectivity index (χ3v) is 5.03. The summed E-state index contributed by atoms with van der Waals surface area (Å²) in [6.07, 6.45) is 0. The zero-order valence-electron chi connectivity index (χ0n) is 16.8. The lowest BCUT2D eigenvalue weighted by molar-refractivity contribution is -0.124. The minimum atomic E-state index is -3.86. The molecule has 0 aliphatic heterocycles. The van der Waals surface area contributed by atoms with E-state index in [-0.39, 0.29) is 28.2 Å². The zero-order chi connectivity index (χ0) is 21.0. The van der Waals surface area contributed by atoms with E-state index in [2.05, 4.69) is 15.4 Å². The summed E-state index contributed by atoms with van der Waals surface area (Å²) in [7, 11) is -2.51. The predicted octanol–water partition coefficient (Wildman–Crippen LogP) is 1.41. The first-order valence-electron chi connectivity index (χ1n) is 8.60. The van der Waals surface area contributed by atoms with Crippen molar-refractivity contribution in [3.05, 3.63) is 23.8 Å². The molecule has 0 aliphatic carbocycles. The molecule has 3 N–H and O–H groups in total. The first-order valence-corrected chi connectivity index (χ1v) is 10.1. The Morgan fingerprint density at radius 1 is 1.11 bits per heavy atom. The van der Waals surface area contributed by atoms with Crippen molar-refractivity contribution in [1.29, 1.82) is 0 Å². The molecule has 0 fully saturated rings. The number of ether oxygens (including phenoxy) is 1. The van der Waals surface area contributed by atoms with Crippen LogP contribution in [-0.2, 0) is 14.8 Å². The van der Waals surface area contributed by atoms with Crippen molar-refractivity contribution in [2.45, 2.75) is 64.1 Å². The predicted molar refractivity (Wildman–Crippen MR) is 103 cm³/mol. The van der Waals surface area contributed by atoms with Gasteiger partial charge in [0, 0.05) is 17.1 Å². The molecule has 0 bridgehead atoms. The summed E-state index contributed by atoms with van der Waals surface area (Å²) in [4.78, 5) is 24.5. The molecule has 0 radical (unpaired) electrons.